The number of alkyl halides is 1. The molecule has 0 radical (unpaired) electrons. The van der Waals surface area contributed by atoms with Crippen LogP contribution >= 0.6 is 46.6 Å². The van der Waals surface area contributed by atoms with E-state index in [0.29, 0.717) is 14.9 Å². The van der Waals surface area contributed by atoms with Crippen LogP contribution in [0.1, 0.15) is 29.5 Å². The van der Waals surface area contributed by atoms with E-state index in [1.54, 1.807) is 25.3 Å². The molecule has 1 aliphatic heterocycles. The van der Waals surface area contributed by atoms with Gasteiger partial charge in [0.15, 0.2) is 0 Å². The zero-order valence-corrected chi connectivity index (χ0v) is 21.2. The quantitative estimate of drug-likeness (QED) is 0.204. The number of anilines is 1. The van der Waals surface area contributed by atoms with Crippen molar-refractivity contribution < 1.29 is 9.66 Å². The van der Waals surface area contributed by atoms with Crippen LogP contribution in [0.4, 0.5) is 11.4 Å². The predicted molar refractivity (Wildman–Crippen MR) is 139 cm³/mol. The van der Waals surface area contributed by atoms with Gasteiger partial charge in [0, 0.05) is 17.2 Å². The molecule has 0 bridgehead atoms. The minimum Gasteiger partial charge on any atom is -0.495 e. The number of ether oxygens (including phenoxy) is 1. The van der Waals surface area contributed by atoms with Gasteiger partial charge in [-0.25, -0.2) is 0 Å². The molecule has 1 N–H and O–H groups in total. The highest BCUT2D eigenvalue weighted by atomic mass is 35.5. The number of nitro benzene ring substituents is 1. The molecule has 2 aliphatic rings. The van der Waals surface area contributed by atoms with Gasteiger partial charge in [-0.05, 0) is 41.7 Å². The fraction of sp³-hybridized carbons (Fsp3) is 0.280. The first-order chi connectivity index (χ1) is 16.4. The SMILES string of the molecule is COc1cccc2c1NC(c1cccc(Cl)c1Cl)C1CC(Sc3ccccc3[N+](=O)[O-])C(Cl)C21. The molecule has 1 saturated carbocycles. The van der Waals surface area contributed by atoms with Gasteiger partial charge >= 0.3 is 0 Å². The Balaban J connectivity index is 1.58. The van der Waals surface area contributed by atoms with Crippen LogP contribution in [0.15, 0.2) is 65.6 Å². The van der Waals surface area contributed by atoms with Gasteiger partial charge in [0.05, 0.1) is 44.1 Å². The average molecular weight is 536 g/mol. The molecule has 5 unspecified atom stereocenters. The fourth-order valence-corrected chi connectivity index (χ4v) is 7.59. The smallest absolute Gasteiger partial charge is 0.282 e. The van der Waals surface area contributed by atoms with Crippen molar-refractivity contribution in [3.05, 3.63) is 92.0 Å². The minimum atomic E-state index is -0.343. The monoisotopic (exact) mass is 534 g/mol. The lowest BCUT2D eigenvalue weighted by molar-refractivity contribution is -0.387. The number of halogens is 3. The van der Waals surface area contributed by atoms with Crippen LogP contribution in [0.3, 0.4) is 0 Å². The van der Waals surface area contributed by atoms with Crippen molar-refractivity contribution in [2.45, 2.75) is 33.9 Å². The highest BCUT2D eigenvalue weighted by Gasteiger charge is 2.51. The van der Waals surface area contributed by atoms with E-state index in [0.717, 1.165) is 29.0 Å². The van der Waals surface area contributed by atoms with Crippen LogP contribution in [-0.2, 0) is 0 Å². The van der Waals surface area contributed by atoms with Gasteiger partial charge in [0.25, 0.3) is 5.69 Å². The van der Waals surface area contributed by atoms with Crippen LogP contribution in [0.2, 0.25) is 10.0 Å². The summed E-state index contributed by atoms with van der Waals surface area (Å²) < 4.78 is 5.65. The number of benzene rings is 3. The third-order valence-electron chi connectivity index (χ3n) is 6.69. The van der Waals surface area contributed by atoms with Gasteiger partial charge in [0.2, 0.25) is 0 Å². The number of nitrogens with one attached hydrogen (secondary N) is 1. The van der Waals surface area contributed by atoms with Crippen LogP contribution < -0.4 is 10.1 Å². The van der Waals surface area contributed by atoms with Crippen molar-refractivity contribution in [3.63, 3.8) is 0 Å². The topological polar surface area (TPSA) is 64.4 Å². The Morgan fingerprint density at radius 3 is 2.56 bits per heavy atom. The Kier molecular flexibility index (Phi) is 6.60. The van der Waals surface area contributed by atoms with Gasteiger partial charge < -0.3 is 10.1 Å². The third kappa shape index (κ3) is 4.01. The fourth-order valence-electron chi connectivity index (χ4n) is 5.22. The van der Waals surface area contributed by atoms with E-state index >= 15 is 0 Å². The third-order valence-corrected chi connectivity index (χ3v) is 9.63. The molecule has 9 heteroatoms. The van der Waals surface area contributed by atoms with Crippen molar-refractivity contribution in [2.75, 3.05) is 12.4 Å². The van der Waals surface area contributed by atoms with Crippen molar-refractivity contribution in [1.29, 1.82) is 0 Å². The molecule has 1 aliphatic carbocycles. The Labute approximate surface area is 216 Å². The second-order valence-corrected chi connectivity index (χ2v) is 11.0. The maximum absolute atomic E-state index is 11.6. The minimum absolute atomic E-state index is 0.00772. The molecule has 3 aromatic carbocycles. The average Bonchev–Trinajstić information content (AvgIpc) is 3.16. The van der Waals surface area contributed by atoms with Gasteiger partial charge in [-0.3, -0.25) is 10.1 Å². The van der Waals surface area contributed by atoms with Gasteiger partial charge in [-0.2, -0.15) is 0 Å². The number of methoxy groups -OCH3 is 1. The van der Waals surface area contributed by atoms with Crippen LogP contribution in [0.5, 0.6) is 5.75 Å². The number of thioether (sulfide) groups is 1. The van der Waals surface area contributed by atoms with Crippen LogP contribution in [0.25, 0.3) is 0 Å². The molecule has 1 fully saturated rings. The molecule has 0 saturated heterocycles. The van der Waals surface area contributed by atoms with Crippen LogP contribution in [-0.4, -0.2) is 22.7 Å². The predicted octanol–water partition coefficient (Wildman–Crippen LogP) is 7.95. The van der Waals surface area contributed by atoms with Gasteiger partial charge in [-0.1, -0.05) is 59.6 Å². The Bertz CT molecular complexity index is 1260. The first kappa shape index (κ1) is 23.6. The van der Waals surface area contributed by atoms with E-state index in [9.17, 15) is 10.1 Å². The Morgan fingerprint density at radius 1 is 1.06 bits per heavy atom. The molecule has 5 nitrogen and oxygen atoms in total. The first-order valence-corrected chi connectivity index (χ1v) is 12.9. The number of rotatable bonds is 5. The number of nitrogens with zero attached hydrogens (tertiary/aromatic N) is 1. The molecule has 1 heterocycles. The first-order valence-electron chi connectivity index (χ1n) is 10.8. The lowest BCUT2D eigenvalue weighted by Gasteiger charge is -2.39. The van der Waals surface area contributed by atoms with E-state index in [-0.39, 0.29) is 39.1 Å². The summed E-state index contributed by atoms with van der Waals surface area (Å²) in [6, 6.07) is 18.3. The maximum atomic E-state index is 11.6. The van der Waals surface area contributed by atoms with Gasteiger partial charge in [0.1, 0.15) is 5.75 Å². The van der Waals surface area contributed by atoms with Crippen LogP contribution in [0, 0.1) is 16.0 Å². The van der Waals surface area contributed by atoms with Crippen molar-refractivity contribution in [3.8, 4) is 5.75 Å². The van der Waals surface area contributed by atoms with Crippen molar-refractivity contribution >= 4 is 57.9 Å². The van der Waals surface area contributed by atoms with E-state index < -0.39 is 0 Å². The zero-order valence-electron chi connectivity index (χ0n) is 18.1. The van der Waals surface area contributed by atoms with E-state index in [1.165, 1.54) is 17.8 Å². The maximum Gasteiger partial charge on any atom is 0.282 e. The summed E-state index contributed by atoms with van der Waals surface area (Å²) >= 11 is 21.7. The highest BCUT2D eigenvalue weighted by Crippen LogP contribution is 2.60. The lowest BCUT2D eigenvalue weighted by atomic mass is 9.77. The summed E-state index contributed by atoms with van der Waals surface area (Å²) in [5.41, 5.74) is 2.99. The summed E-state index contributed by atoms with van der Waals surface area (Å²) in [6.45, 7) is 0. The molecule has 5 atom stereocenters. The zero-order chi connectivity index (χ0) is 24.0. The van der Waals surface area contributed by atoms with Crippen molar-refractivity contribution in [2.24, 2.45) is 5.92 Å². The molecule has 176 valence electrons. The standard InChI is InChI=1S/C25H21Cl3N2O3S/c1-33-18-10-5-6-13-21-15(24(29-25(13)18)14-7-4-8-16(26)22(14)27)12-20(23(21)28)34-19-11-3-2-9-17(19)30(31)32/h2-11,15,20-21,23-24,29H,12H2,1H3. The number of nitro groups is 1. The summed E-state index contributed by atoms with van der Waals surface area (Å²) in [5, 5.41) is 16.0. The molecule has 34 heavy (non-hydrogen) atoms. The molecule has 3 aromatic rings. The lowest BCUT2D eigenvalue weighted by Crippen LogP contribution is -2.31. The molecular formula is C25H21Cl3N2O3S. The van der Waals surface area contributed by atoms with Crippen molar-refractivity contribution in [1.82, 2.24) is 0 Å². The summed E-state index contributed by atoms with van der Waals surface area (Å²) in [6.07, 6.45) is 0.757. The summed E-state index contributed by atoms with van der Waals surface area (Å²) in [4.78, 5) is 11.9. The second-order valence-electron chi connectivity index (χ2n) is 8.44. The van der Waals surface area contributed by atoms with E-state index in [1.807, 2.05) is 30.3 Å². The molecule has 0 amide bonds. The number of fused-ring (bicyclic) bond motifs is 3. The van der Waals surface area contributed by atoms with E-state index in [4.69, 9.17) is 39.5 Å². The summed E-state index contributed by atoms with van der Waals surface area (Å²) in [5.74, 6) is 0.851. The Hall–Kier alpha value is -2.12. The van der Waals surface area contributed by atoms with Gasteiger partial charge in [-0.15, -0.1) is 23.4 Å². The number of para-hydroxylation sites is 2. The highest BCUT2D eigenvalue weighted by molar-refractivity contribution is 8.00. The molecule has 0 aromatic heterocycles. The number of hydrogen-bond donors (Lipinski definition) is 1. The second kappa shape index (κ2) is 9.50. The number of hydrogen-bond acceptors (Lipinski definition) is 5. The normalized spacial score (nSPS) is 25.2. The summed E-state index contributed by atoms with van der Waals surface area (Å²) in [7, 11) is 1.64. The molecule has 0 spiro atoms. The van der Waals surface area contributed by atoms with E-state index in [2.05, 4.69) is 11.4 Å². The Morgan fingerprint density at radius 2 is 1.79 bits per heavy atom. The molecule has 5 rings (SSSR count). The molecular weight excluding hydrogens is 515 g/mol. The largest absolute Gasteiger partial charge is 0.495 e.